The Bertz CT molecular complexity index is 1250. The van der Waals surface area contributed by atoms with Gasteiger partial charge in [0.1, 0.15) is 12.3 Å². The van der Waals surface area contributed by atoms with Crippen molar-refractivity contribution < 1.29 is 17.9 Å². The number of ether oxygens (including phenoxy) is 1. The summed E-state index contributed by atoms with van der Waals surface area (Å²) >= 11 is 3.30. The van der Waals surface area contributed by atoms with Gasteiger partial charge in [0.25, 0.3) is 5.56 Å². The Labute approximate surface area is 182 Å². The van der Waals surface area contributed by atoms with Crippen LogP contribution in [0.25, 0.3) is 5.65 Å². The van der Waals surface area contributed by atoms with Crippen LogP contribution in [0, 0.1) is 0 Å². The van der Waals surface area contributed by atoms with E-state index in [1.54, 1.807) is 32.2 Å². The topological polar surface area (TPSA) is 98.0 Å². The quantitative estimate of drug-likeness (QED) is 0.469. The van der Waals surface area contributed by atoms with E-state index < -0.39 is 16.0 Å². The maximum atomic E-state index is 12.7. The van der Waals surface area contributed by atoms with Crippen molar-refractivity contribution in [2.24, 2.45) is 0 Å². The second-order valence-electron chi connectivity index (χ2n) is 6.35. The molecule has 0 radical (unpaired) electrons. The summed E-state index contributed by atoms with van der Waals surface area (Å²) in [5.74, 6) is -0.704. The Morgan fingerprint density at radius 2 is 1.90 bits per heavy atom. The van der Waals surface area contributed by atoms with Gasteiger partial charge in [-0.3, -0.25) is 9.20 Å². The lowest BCUT2D eigenvalue weighted by Gasteiger charge is -2.18. The van der Waals surface area contributed by atoms with E-state index in [1.807, 2.05) is 0 Å². The number of carbonyl (C=O) groups is 1. The number of nitrogens with zero attached hydrogens (tertiary/aromatic N) is 3. The fraction of sp³-hybridized carbons (Fsp3) is 0.250. The molecule has 10 heteroatoms. The van der Waals surface area contributed by atoms with Crippen molar-refractivity contribution in [3.63, 3.8) is 0 Å². The van der Waals surface area contributed by atoms with Crippen LogP contribution in [0.4, 0.5) is 0 Å². The number of esters is 1. The molecule has 1 aromatic carbocycles. The number of aromatic nitrogens is 2. The van der Waals surface area contributed by atoms with Gasteiger partial charge in [0, 0.05) is 29.8 Å². The molecule has 0 saturated carbocycles. The van der Waals surface area contributed by atoms with Crippen molar-refractivity contribution in [1.29, 1.82) is 0 Å². The molecule has 0 bridgehead atoms. The number of halogens is 1. The maximum Gasteiger partial charge on any atom is 0.338 e. The minimum absolute atomic E-state index is 0.0216. The minimum Gasteiger partial charge on any atom is -0.456 e. The number of sulfonamides is 1. The molecule has 0 spiro atoms. The standard InChI is InChI=1S/C20H20BrN3O5S/c1-3-23(4-2)30(27,28)17-7-5-6-14(10-17)20(26)29-13-16-11-19(25)24-12-15(21)8-9-18(24)22-16/h5-12H,3-4,13H2,1-2H3. The Morgan fingerprint density at radius 1 is 1.17 bits per heavy atom. The SMILES string of the molecule is CCN(CC)S(=O)(=O)c1cccc(C(=O)OCc2cc(=O)n3cc(Br)ccc3n2)c1. The van der Waals surface area contributed by atoms with E-state index in [9.17, 15) is 18.0 Å². The summed E-state index contributed by atoms with van der Waals surface area (Å²) in [5, 5.41) is 0. The van der Waals surface area contributed by atoms with Gasteiger partial charge in [-0.05, 0) is 46.3 Å². The Hall–Kier alpha value is -2.56. The highest BCUT2D eigenvalue weighted by Crippen LogP contribution is 2.18. The number of pyridine rings is 1. The van der Waals surface area contributed by atoms with Gasteiger partial charge in [0.15, 0.2) is 0 Å². The van der Waals surface area contributed by atoms with Gasteiger partial charge in [0.05, 0.1) is 16.2 Å². The fourth-order valence-electron chi connectivity index (χ4n) is 2.92. The summed E-state index contributed by atoms with van der Waals surface area (Å²) in [4.78, 5) is 29.0. The summed E-state index contributed by atoms with van der Waals surface area (Å²) in [6.07, 6.45) is 1.60. The van der Waals surface area contributed by atoms with Gasteiger partial charge < -0.3 is 4.74 Å². The molecule has 158 valence electrons. The Morgan fingerprint density at radius 3 is 2.60 bits per heavy atom. The molecule has 0 saturated heterocycles. The van der Waals surface area contributed by atoms with Crippen LogP contribution in [0.1, 0.15) is 29.9 Å². The van der Waals surface area contributed by atoms with Gasteiger partial charge >= 0.3 is 5.97 Å². The molecule has 0 fully saturated rings. The van der Waals surface area contributed by atoms with E-state index in [4.69, 9.17) is 4.74 Å². The van der Waals surface area contributed by atoms with Crippen molar-refractivity contribution in [3.8, 4) is 0 Å². The van der Waals surface area contributed by atoms with E-state index in [0.29, 0.717) is 24.4 Å². The van der Waals surface area contributed by atoms with Crippen molar-refractivity contribution in [2.75, 3.05) is 13.1 Å². The number of carbonyl (C=O) groups excluding carboxylic acids is 1. The van der Waals surface area contributed by atoms with Crippen molar-refractivity contribution in [3.05, 3.63) is 74.7 Å². The normalized spacial score (nSPS) is 11.7. The van der Waals surface area contributed by atoms with Gasteiger partial charge in [-0.1, -0.05) is 19.9 Å². The smallest absolute Gasteiger partial charge is 0.338 e. The van der Waals surface area contributed by atoms with E-state index in [1.165, 1.54) is 39.0 Å². The van der Waals surface area contributed by atoms with Crippen molar-refractivity contribution in [1.82, 2.24) is 13.7 Å². The third-order valence-corrected chi connectivity index (χ3v) is 6.96. The zero-order valence-electron chi connectivity index (χ0n) is 16.4. The van der Waals surface area contributed by atoms with Crippen molar-refractivity contribution in [2.45, 2.75) is 25.3 Å². The number of hydrogen-bond donors (Lipinski definition) is 0. The highest BCUT2D eigenvalue weighted by Gasteiger charge is 2.22. The highest BCUT2D eigenvalue weighted by molar-refractivity contribution is 9.10. The van der Waals surface area contributed by atoms with E-state index >= 15 is 0 Å². The monoisotopic (exact) mass is 493 g/mol. The van der Waals surface area contributed by atoms with Crippen LogP contribution < -0.4 is 5.56 Å². The molecular formula is C20H20BrN3O5S. The Balaban J connectivity index is 1.80. The fourth-order valence-corrected chi connectivity index (χ4v) is 4.76. The molecule has 30 heavy (non-hydrogen) atoms. The van der Waals surface area contributed by atoms with Gasteiger partial charge in [-0.2, -0.15) is 4.31 Å². The number of fused-ring (bicyclic) bond motifs is 1. The van der Waals surface area contributed by atoms with Crippen LogP contribution in [0.3, 0.4) is 0 Å². The number of hydrogen-bond acceptors (Lipinski definition) is 6. The lowest BCUT2D eigenvalue weighted by molar-refractivity contribution is 0.0467. The maximum absolute atomic E-state index is 12.7. The second kappa shape index (κ2) is 9.07. The van der Waals surface area contributed by atoms with Crippen LogP contribution in [-0.4, -0.2) is 41.2 Å². The summed E-state index contributed by atoms with van der Waals surface area (Å²) in [7, 11) is -3.69. The zero-order chi connectivity index (χ0) is 21.9. The first kappa shape index (κ1) is 22.1. The molecule has 0 aliphatic rings. The molecule has 8 nitrogen and oxygen atoms in total. The highest BCUT2D eigenvalue weighted by atomic mass is 79.9. The molecule has 3 aromatic rings. The molecule has 2 heterocycles. The molecule has 3 rings (SSSR count). The van der Waals surface area contributed by atoms with Gasteiger partial charge in [-0.25, -0.2) is 18.2 Å². The van der Waals surface area contributed by atoms with Crippen LogP contribution in [-0.2, 0) is 21.4 Å². The largest absolute Gasteiger partial charge is 0.456 e. The molecular weight excluding hydrogens is 474 g/mol. The van der Waals surface area contributed by atoms with E-state index in [0.717, 1.165) is 4.47 Å². The molecule has 0 amide bonds. The van der Waals surface area contributed by atoms with Crippen LogP contribution in [0.2, 0.25) is 0 Å². The summed E-state index contributed by atoms with van der Waals surface area (Å²) in [6, 6.07) is 10.4. The lowest BCUT2D eigenvalue weighted by Crippen LogP contribution is -2.30. The first-order chi connectivity index (χ1) is 14.3. The van der Waals surface area contributed by atoms with E-state index in [2.05, 4.69) is 20.9 Å². The van der Waals surface area contributed by atoms with Crippen LogP contribution in [0.15, 0.2) is 62.8 Å². The number of rotatable bonds is 7. The second-order valence-corrected chi connectivity index (χ2v) is 9.21. The average molecular weight is 494 g/mol. The minimum atomic E-state index is -3.69. The first-order valence-electron chi connectivity index (χ1n) is 9.21. The Kier molecular flexibility index (Phi) is 6.69. The average Bonchev–Trinajstić information content (AvgIpc) is 2.73. The number of benzene rings is 1. The van der Waals surface area contributed by atoms with Crippen LogP contribution in [0.5, 0.6) is 0 Å². The van der Waals surface area contributed by atoms with Gasteiger partial charge in [0.2, 0.25) is 10.0 Å². The predicted octanol–water partition coefficient (Wildman–Crippen LogP) is 2.84. The zero-order valence-corrected chi connectivity index (χ0v) is 18.8. The third-order valence-electron chi connectivity index (χ3n) is 4.44. The molecule has 0 aliphatic carbocycles. The summed E-state index contributed by atoms with van der Waals surface area (Å²) in [5.41, 5.74) is 0.510. The predicted molar refractivity (Wildman–Crippen MR) is 115 cm³/mol. The summed E-state index contributed by atoms with van der Waals surface area (Å²) in [6.45, 7) is 3.93. The lowest BCUT2D eigenvalue weighted by atomic mass is 10.2. The molecule has 0 aliphatic heterocycles. The molecule has 0 atom stereocenters. The van der Waals surface area contributed by atoms with Crippen LogP contribution >= 0.6 is 15.9 Å². The molecule has 0 unspecified atom stereocenters. The van der Waals surface area contributed by atoms with Crippen molar-refractivity contribution >= 4 is 37.6 Å². The molecule has 2 aromatic heterocycles. The molecule has 0 N–H and O–H groups in total. The van der Waals surface area contributed by atoms with E-state index in [-0.39, 0.29) is 22.6 Å². The third kappa shape index (κ3) is 4.61. The van der Waals surface area contributed by atoms with Gasteiger partial charge in [-0.15, -0.1) is 0 Å². The summed E-state index contributed by atoms with van der Waals surface area (Å²) < 4.78 is 34.0. The first-order valence-corrected chi connectivity index (χ1v) is 11.4.